The van der Waals surface area contributed by atoms with Crippen LogP contribution in [-0.2, 0) is 10.0 Å². The van der Waals surface area contributed by atoms with Gasteiger partial charge in [-0.2, -0.15) is 5.10 Å². The maximum Gasteiger partial charge on any atom is 0.310 e. The number of anilines is 1. The van der Waals surface area contributed by atoms with Crippen LogP contribution in [0.5, 0.6) is 11.5 Å². The van der Waals surface area contributed by atoms with Crippen LogP contribution in [0.2, 0.25) is 0 Å². The van der Waals surface area contributed by atoms with Crippen LogP contribution in [0.1, 0.15) is 34.1 Å². The van der Waals surface area contributed by atoms with Crippen LogP contribution in [0, 0.1) is 0 Å². The van der Waals surface area contributed by atoms with Crippen molar-refractivity contribution in [3.63, 3.8) is 0 Å². The SMILES string of the molecule is COc1cccc([C@@H]2CC(c3ccccc3NS(C)(=O)=O)=NN2C(=O)c2ccco2)c1O. The molecule has 0 aliphatic carbocycles. The summed E-state index contributed by atoms with van der Waals surface area (Å²) < 4.78 is 36.6. The zero-order chi connectivity index (χ0) is 22.9. The summed E-state index contributed by atoms with van der Waals surface area (Å²) in [7, 11) is -2.09. The standard InChI is InChI=1S/C22H21N3O6S/c1-30-19-10-5-8-15(21(19)26)18-13-17(23-25(18)22(27)20-11-6-12-31-20)14-7-3-4-9-16(14)24-32(2,28)29/h3-12,18,24,26H,13H2,1-2H3/t18-/m0/s1. The molecule has 0 bridgehead atoms. The van der Waals surface area contributed by atoms with Gasteiger partial charge in [-0.1, -0.05) is 30.3 Å². The summed E-state index contributed by atoms with van der Waals surface area (Å²) in [5.74, 6) is -0.243. The number of nitrogens with zero attached hydrogens (tertiary/aromatic N) is 2. The number of rotatable bonds is 6. The Hall–Kier alpha value is -3.79. The first kappa shape index (κ1) is 21.4. The average Bonchev–Trinajstić information content (AvgIpc) is 3.43. The highest BCUT2D eigenvalue weighted by Crippen LogP contribution is 2.42. The largest absolute Gasteiger partial charge is 0.504 e. The van der Waals surface area contributed by atoms with Crippen molar-refractivity contribution < 1.29 is 27.5 Å². The van der Waals surface area contributed by atoms with E-state index in [0.717, 1.165) is 6.26 Å². The molecule has 32 heavy (non-hydrogen) atoms. The number of phenols is 1. The highest BCUT2D eigenvalue weighted by atomic mass is 32.2. The molecular weight excluding hydrogens is 434 g/mol. The minimum atomic E-state index is -3.53. The van der Waals surface area contributed by atoms with Crippen LogP contribution >= 0.6 is 0 Å². The zero-order valence-corrected chi connectivity index (χ0v) is 18.2. The van der Waals surface area contributed by atoms with E-state index in [0.29, 0.717) is 22.5 Å². The first-order chi connectivity index (χ1) is 15.3. The summed E-state index contributed by atoms with van der Waals surface area (Å²) >= 11 is 0. The number of furan rings is 1. The predicted octanol–water partition coefficient (Wildman–Crippen LogP) is 3.36. The van der Waals surface area contributed by atoms with Crippen LogP contribution in [-0.4, -0.2) is 43.5 Å². The first-order valence-electron chi connectivity index (χ1n) is 9.66. The lowest BCUT2D eigenvalue weighted by Gasteiger charge is -2.22. The van der Waals surface area contributed by atoms with Crippen molar-refractivity contribution in [2.24, 2.45) is 5.10 Å². The van der Waals surface area contributed by atoms with Crippen LogP contribution < -0.4 is 9.46 Å². The van der Waals surface area contributed by atoms with Gasteiger partial charge < -0.3 is 14.3 Å². The summed E-state index contributed by atoms with van der Waals surface area (Å²) in [6.45, 7) is 0. The van der Waals surface area contributed by atoms with E-state index >= 15 is 0 Å². The molecule has 0 fully saturated rings. The second kappa shape index (κ2) is 8.39. The van der Waals surface area contributed by atoms with Crippen LogP contribution in [0.25, 0.3) is 0 Å². The van der Waals surface area contributed by atoms with Gasteiger partial charge in [-0.3, -0.25) is 9.52 Å². The van der Waals surface area contributed by atoms with E-state index in [1.54, 1.807) is 48.5 Å². The molecule has 1 aliphatic rings. The molecule has 1 aromatic heterocycles. The Morgan fingerprint density at radius 1 is 1.19 bits per heavy atom. The molecule has 1 amide bonds. The Bertz CT molecular complexity index is 1280. The molecule has 0 spiro atoms. The lowest BCUT2D eigenvalue weighted by Crippen LogP contribution is -2.26. The number of hydrogen-bond donors (Lipinski definition) is 2. The molecule has 3 aromatic rings. The van der Waals surface area contributed by atoms with Crippen molar-refractivity contribution in [3.8, 4) is 11.5 Å². The van der Waals surface area contributed by atoms with E-state index in [-0.39, 0.29) is 23.7 Å². The molecule has 2 aromatic carbocycles. The van der Waals surface area contributed by atoms with Gasteiger partial charge in [-0.05, 0) is 24.3 Å². The van der Waals surface area contributed by atoms with Crippen LogP contribution in [0.3, 0.4) is 0 Å². The van der Waals surface area contributed by atoms with E-state index in [1.807, 2.05) is 0 Å². The number of aromatic hydroxyl groups is 1. The number of hydrogen-bond acceptors (Lipinski definition) is 7. The minimum Gasteiger partial charge on any atom is -0.504 e. The van der Waals surface area contributed by atoms with Gasteiger partial charge in [0.2, 0.25) is 10.0 Å². The van der Waals surface area contributed by atoms with Crippen molar-refractivity contribution in [2.45, 2.75) is 12.5 Å². The molecule has 10 heteroatoms. The maximum absolute atomic E-state index is 13.1. The molecule has 0 unspecified atom stereocenters. The number of benzene rings is 2. The third kappa shape index (κ3) is 4.17. The molecule has 1 atom stereocenters. The second-order valence-corrected chi connectivity index (χ2v) is 8.96. The number of para-hydroxylation sites is 2. The van der Waals surface area contributed by atoms with Crippen molar-refractivity contribution in [1.82, 2.24) is 5.01 Å². The number of phenolic OH excluding ortho intramolecular Hbond substituents is 1. The first-order valence-corrected chi connectivity index (χ1v) is 11.5. The maximum atomic E-state index is 13.1. The molecule has 2 N–H and O–H groups in total. The molecular formula is C22H21N3O6S. The third-order valence-corrected chi connectivity index (χ3v) is 5.58. The topological polar surface area (TPSA) is 121 Å². The highest BCUT2D eigenvalue weighted by molar-refractivity contribution is 7.92. The number of hydrazone groups is 1. The fourth-order valence-electron chi connectivity index (χ4n) is 3.61. The number of amides is 1. The molecule has 9 nitrogen and oxygen atoms in total. The fourth-order valence-corrected chi connectivity index (χ4v) is 4.19. The van der Waals surface area contributed by atoms with Gasteiger partial charge >= 0.3 is 5.91 Å². The Morgan fingerprint density at radius 2 is 1.97 bits per heavy atom. The van der Waals surface area contributed by atoms with Gasteiger partial charge in [-0.15, -0.1) is 0 Å². The number of methoxy groups -OCH3 is 1. The Balaban J connectivity index is 1.80. The second-order valence-electron chi connectivity index (χ2n) is 7.21. The quantitative estimate of drug-likeness (QED) is 0.588. The fraction of sp³-hybridized carbons (Fsp3) is 0.182. The average molecular weight is 455 g/mol. The van der Waals surface area contributed by atoms with Crippen LogP contribution in [0.15, 0.2) is 70.4 Å². The van der Waals surface area contributed by atoms with Crippen molar-refractivity contribution in [2.75, 3.05) is 18.1 Å². The monoisotopic (exact) mass is 455 g/mol. The predicted molar refractivity (Wildman–Crippen MR) is 118 cm³/mol. The van der Waals surface area contributed by atoms with Gasteiger partial charge in [-0.25, -0.2) is 13.4 Å². The summed E-state index contributed by atoms with van der Waals surface area (Å²) in [5, 5.41) is 16.5. The Labute approximate surface area is 185 Å². The van der Waals surface area contributed by atoms with Gasteiger partial charge in [0.05, 0.1) is 37.1 Å². The number of carbonyl (C=O) groups is 1. The lowest BCUT2D eigenvalue weighted by atomic mass is 9.96. The third-order valence-electron chi connectivity index (χ3n) is 4.99. The van der Waals surface area contributed by atoms with Gasteiger partial charge in [0.1, 0.15) is 0 Å². The summed E-state index contributed by atoms with van der Waals surface area (Å²) in [6, 6.07) is 14.2. The molecule has 166 valence electrons. The highest BCUT2D eigenvalue weighted by Gasteiger charge is 2.37. The molecule has 0 saturated heterocycles. The van der Waals surface area contributed by atoms with Crippen LogP contribution in [0.4, 0.5) is 5.69 Å². The van der Waals surface area contributed by atoms with E-state index in [4.69, 9.17) is 9.15 Å². The lowest BCUT2D eigenvalue weighted by molar-refractivity contribution is 0.0676. The van der Waals surface area contributed by atoms with E-state index in [9.17, 15) is 18.3 Å². The number of nitrogens with one attached hydrogen (secondary N) is 1. The summed E-state index contributed by atoms with van der Waals surface area (Å²) in [6.07, 6.45) is 2.68. The zero-order valence-electron chi connectivity index (χ0n) is 17.3. The van der Waals surface area contributed by atoms with E-state index < -0.39 is 22.0 Å². The van der Waals surface area contributed by atoms with Gasteiger partial charge in [0.25, 0.3) is 0 Å². The Kier molecular flexibility index (Phi) is 5.62. The number of ether oxygens (including phenoxy) is 1. The van der Waals surface area contributed by atoms with Crippen molar-refractivity contribution in [3.05, 3.63) is 77.7 Å². The smallest absolute Gasteiger partial charge is 0.310 e. The molecule has 0 saturated carbocycles. The Morgan fingerprint density at radius 3 is 2.66 bits per heavy atom. The summed E-state index contributed by atoms with van der Waals surface area (Å²) in [5.41, 5.74) is 1.79. The molecule has 1 aliphatic heterocycles. The number of carbonyl (C=O) groups excluding carboxylic acids is 1. The van der Waals surface area contributed by atoms with Gasteiger partial charge in [0, 0.05) is 17.5 Å². The van der Waals surface area contributed by atoms with Crippen molar-refractivity contribution in [1.29, 1.82) is 0 Å². The minimum absolute atomic E-state index is 0.0879. The molecule has 2 heterocycles. The van der Waals surface area contributed by atoms with E-state index in [1.165, 1.54) is 24.4 Å². The van der Waals surface area contributed by atoms with Crippen molar-refractivity contribution >= 4 is 27.3 Å². The normalized spacial score (nSPS) is 16.0. The van der Waals surface area contributed by atoms with E-state index in [2.05, 4.69) is 9.82 Å². The molecule has 0 radical (unpaired) electrons. The molecule has 4 rings (SSSR count). The summed E-state index contributed by atoms with van der Waals surface area (Å²) in [4.78, 5) is 13.1. The van der Waals surface area contributed by atoms with Gasteiger partial charge in [0.15, 0.2) is 17.3 Å². The number of sulfonamides is 1.